The van der Waals surface area contributed by atoms with E-state index in [1.54, 1.807) is 0 Å². The van der Waals surface area contributed by atoms with Crippen molar-refractivity contribution in [1.29, 1.82) is 0 Å². The maximum Gasteiger partial charge on any atom is 0.0210 e. The van der Waals surface area contributed by atoms with Crippen LogP contribution in [0.1, 0.15) is 62.6 Å². The van der Waals surface area contributed by atoms with E-state index in [4.69, 9.17) is 0 Å². The van der Waals surface area contributed by atoms with Crippen molar-refractivity contribution >= 4 is 0 Å². The van der Waals surface area contributed by atoms with Crippen molar-refractivity contribution in [3.8, 4) is 0 Å². The summed E-state index contributed by atoms with van der Waals surface area (Å²) < 4.78 is 0. The summed E-state index contributed by atoms with van der Waals surface area (Å²) in [6, 6.07) is 6.55. The molecule has 0 aliphatic rings. The van der Waals surface area contributed by atoms with Crippen LogP contribution in [0.15, 0.2) is 18.2 Å². The van der Waals surface area contributed by atoms with E-state index in [1.807, 2.05) is 0 Å². The molecule has 1 nitrogen and oxygen atoms in total. The van der Waals surface area contributed by atoms with Crippen LogP contribution >= 0.6 is 0 Å². The Bertz CT molecular complexity index is 334. The first-order chi connectivity index (χ1) is 9.11. The number of rotatable bonds is 9. The van der Waals surface area contributed by atoms with Gasteiger partial charge in [0.1, 0.15) is 0 Å². The summed E-state index contributed by atoms with van der Waals surface area (Å²) in [5.41, 5.74) is 4.29. The largest absolute Gasteiger partial charge is 0.313 e. The monoisotopic (exact) mass is 261 g/mol. The van der Waals surface area contributed by atoms with Crippen LogP contribution in [0, 0.1) is 19.8 Å². The highest BCUT2D eigenvalue weighted by atomic mass is 14.8. The van der Waals surface area contributed by atoms with Gasteiger partial charge >= 0.3 is 0 Å². The average Bonchev–Trinajstić information content (AvgIpc) is 2.35. The Kier molecular flexibility index (Phi) is 7.81. The topological polar surface area (TPSA) is 12.0 Å². The Labute approximate surface area is 119 Å². The maximum absolute atomic E-state index is 3.58. The van der Waals surface area contributed by atoms with Crippen LogP contribution in [-0.4, -0.2) is 6.54 Å². The molecule has 0 saturated heterocycles. The molecule has 0 amide bonds. The molecule has 1 heteroatoms. The summed E-state index contributed by atoms with van der Waals surface area (Å²) >= 11 is 0. The van der Waals surface area contributed by atoms with Crippen molar-refractivity contribution in [2.75, 3.05) is 6.54 Å². The summed E-state index contributed by atoms with van der Waals surface area (Å²) in [7, 11) is 0. The van der Waals surface area contributed by atoms with Crippen LogP contribution < -0.4 is 5.32 Å². The smallest absolute Gasteiger partial charge is 0.0210 e. The van der Waals surface area contributed by atoms with Gasteiger partial charge in [-0.2, -0.15) is 0 Å². The molecule has 0 aliphatic carbocycles. The van der Waals surface area contributed by atoms with Gasteiger partial charge in [0.15, 0.2) is 0 Å². The van der Waals surface area contributed by atoms with Gasteiger partial charge in [0.25, 0.3) is 0 Å². The van der Waals surface area contributed by atoms with E-state index >= 15 is 0 Å². The molecule has 1 aromatic rings. The van der Waals surface area contributed by atoms with Crippen molar-refractivity contribution in [3.05, 3.63) is 34.9 Å². The fraction of sp³-hybridized carbons (Fsp3) is 0.667. The van der Waals surface area contributed by atoms with E-state index in [-0.39, 0.29) is 0 Å². The zero-order valence-corrected chi connectivity index (χ0v) is 13.3. The van der Waals surface area contributed by atoms with Crippen LogP contribution in [0.5, 0.6) is 0 Å². The normalized spacial score (nSPS) is 11.2. The molecule has 0 radical (unpaired) electrons. The van der Waals surface area contributed by atoms with Crippen molar-refractivity contribution in [1.82, 2.24) is 5.32 Å². The minimum Gasteiger partial charge on any atom is -0.313 e. The molecule has 0 atom stereocenters. The third-order valence-electron chi connectivity index (χ3n) is 3.83. The number of benzene rings is 1. The number of hydrogen-bond donors (Lipinski definition) is 1. The molecule has 0 aliphatic heterocycles. The van der Waals surface area contributed by atoms with Gasteiger partial charge in [0.2, 0.25) is 0 Å². The SMILES string of the molecule is Cc1cccc(C)c1CNCCCCCCC(C)C. The molecule has 108 valence electrons. The Morgan fingerprint density at radius 2 is 1.58 bits per heavy atom. The van der Waals surface area contributed by atoms with Crippen molar-refractivity contribution < 1.29 is 0 Å². The molecule has 0 saturated carbocycles. The first kappa shape index (κ1) is 16.2. The van der Waals surface area contributed by atoms with Crippen LogP contribution in [0.2, 0.25) is 0 Å². The molecule has 0 aromatic heterocycles. The summed E-state index contributed by atoms with van der Waals surface area (Å²) in [5.74, 6) is 0.863. The molecular weight excluding hydrogens is 230 g/mol. The Morgan fingerprint density at radius 1 is 0.947 bits per heavy atom. The second-order valence-corrected chi connectivity index (χ2v) is 6.14. The lowest BCUT2D eigenvalue weighted by molar-refractivity contribution is 0.512. The molecule has 19 heavy (non-hydrogen) atoms. The highest BCUT2D eigenvalue weighted by molar-refractivity contribution is 5.33. The van der Waals surface area contributed by atoms with E-state index in [0.717, 1.165) is 19.0 Å². The standard InChI is InChI=1S/C18H31N/c1-15(2)10-7-5-6-8-13-19-14-18-16(3)11-9-12-17(18)4/h9,11-12,15,19H,5-8,10,13-14H2,1-4H3. The highest BCUT2D eigenvalue weighted by Gasteiger charge is 2.01. The summed E-state index contributed by atoms with van der Waals surface area (Å²) in [6.07, 6.45) is 6.85. The van der Waals surface area contributed by atoms with Gasteiger partial charge in [-0.05, 0) is 49.4 Å². The van der Waals surface area contributed by atoms with Crippen LogP contribution in [0.25, 0.3) is 0 Å². The quantitative estimate of drug-likeness (QED) is 0.617. The van der Waals surface area contributed by atoms with E-state index in [9.17, 15) is 0 Å². The van der Waals surface area contributed by atoms with E-state index in [0.29, 0.717) is 0 Å². The lowest BCUT2D eigenvalue weighted by atomic mass is 10.0. The number of nitrogens with one attached hydrogen (secondary N) is 1. The molecule has 0 spiro atoms. The fourth-order valence-corrected chi connectivity index (χ4v) is 2.50. The Balaban J connectivity index is 2.08. The second-order valence-electron chi connectivity index (χ2n) is 6.14. The van der Waals surface area contributed by atoms with Crippen LogP contribution in [0.4, 0.5) is 0 Å². The highest BCUT2D eigenvalue weighted by Crippen LogP contribution is 2.13. The summed E-state index contributed by atoms with van der Waals surface area (Å²) in [4.78, 5) is 0. The maximum atomic E-state index is 3.58. The lowest BCUT2D eigenvalue weighted by Crippen LogP contribution is -2.16. The van der Waals surface area contributed by atoms with Crippen LogP contribution in [-0.2, 0) is 6.54 Å². The van der Waals surface area contributed by atoms with E-state index in [2.05, 4.69) is 51.2 Å². The molecule has 1 aromatic carbocycles. The van der Waals surface area contributed by atoms with Gasteiger partial charge in [-0.25, -0.2) is 0 Å². The van der Waals surface area contributed by atoms with Gasteiger partial charge in [-0.1, -0.05) is 57.7 Å². The number of unbranched alkanes of at least 4 members (excludes halogenated alkanes) is 3. The minimum absolute atomic E-state index is 0.863. The van der Waals surface area contributed by atoms with Gasteiger partial charge in [0.05, 0.1) is 0 Å². The van der Waals surface area contributed by atoms with Gasteiger partial charge in [-0.3, -0.25) is 0 Å². The second kappa shape index (κ2) is 9.14. The van der Waals surface area contributed by atoms with Crippen LogP contribution in [0.3, 0.4) is 0 Å². The molecule has 1 rings (SSSR count). The molecule has 1 N–H and O–H groups in total. The number of aryl methyl sites for hydroxylation is 2. The Morgan fingerprint density at radius 3 is 2.21 bits per heavy atom. The predicted octanol–water partition coefficient (Wildman–Crippen LogP) is 5.00. The first-order valence-electron chi connectivity index (χ1n) is 7.87. The predicted molar refractivity (Wildman–Crippen MR) is 85.5 cm³/mol. The van der Waals surface area contributed by atoms with Gasteiger partial charge in [-0.15, -0.1) is 0 Å². The fourth-order valence-electron chi connectivity index (χ4n) is 2.50. The lowest BCUT2D eigenvalue weighted by Gasteiger charge is -2.11. The third-order valence-corrected chi connectivity index (χ3v) is 3.83. The summed E-state index contributed by atoms with van der Waals surface area (Å²) in [6.45, 7) is 11.2. The zero-order chi connectivity index (χ0) is 14.1. The molecule has 0 unspecified atom stereocenters. The minimum atomic E-state index is 0.863. The number of hydrogen-bond acceptors (Lipinski definition) is 1. The third kappa shape index (κ3) is 6.77. The van der Waals surface area contributed by atoms with Gasteiger partial charge in [0, 0.05) is 6.54 Å². The molecule has 0 fully saturated rings. The molecule has 0 bridgehead atoms. The van der Waals surface area contributed by atoms with E-state index < -0.39 is 0 Å². The van der Waals surface area contributed by atoms with E-state index in [1.165, 1.54) is 48.8 Å². The summed E-state index contributed by atoms with van der Waals surface area (Å²) in [5, 5.41) is 3.58. The first-order valence-corrected chi connectivity index (χ1v) is 7.87. The van der Waals surface area contributed by atoms with Gasteiger partial charge < -0.3 is 5.32 Å². The Hall–Kier alpha value is -0.820. The van der Waals surface area contributed by atoms with Crippen molar-refractivity contribution in [3.63, 3.8) is 0 Å². The van der Waals surface area contributed by atoms with Crippen molar-refractivity contribution in [2.45, 2.75) is 66.3 Å². The average molecular weight is 261 g/mol. The zero-order valence-electron chi connectivity index (χ0n) is 13.3. The van der Waals surface area contributed by atoms with Crippen molar-refractivity contribution in [2.24, 2.45) is 5.92 Å². The molecular formula is C18H31N. The molecule has 0 heterocycles.